The molecule has 3 N–H and O–H groups in total. The Hall–Kier alpha value is -1.39. The summed E-state index contributed by atoms with van der Waals surface area (Å²) in [7, 11) is 0. The van der Waals surface area contributed by atoms with Crippen molar-refractivity contribution in [1.29, 1.82) is 0 Å². The topological polar surface area (TPSA) is 69.6 Å². The molecule has 1 aliphatic rings. The normalized spacial score (nSPS) is 22.6. The van der Waals surface area contributed by atoms with E-state index in [4.69, 9.17) is 10.2 Å². The molecule has 1 saturated carbocycles. The van der Waals surface area contributed by atoms with E-state index in [0.717, 1.165) is 6.42 Å². The molecule has 18 heavy (non-hydrogen) atoms. The predicted octanol–water partition coefficient (Wildman–Crippen LogP) is 0.650. The molecule has 1 aliphatic carbocycles. The van der Waals surface area contributed by atoms with E-state index in [-0.39, 0.29) is 31.0 Å². The Balaban J connectivity index is 1.94. The number of rotatable bonds is 5. The van der Waals surface area contributed by atoms with E-state index in [0.29, 0.717) is 0 Å². The van der Waals surface area contributed by atoms with Crippen LogP contribution in [-0.4, -0.2) is 34.9 Å². The van der Waals surface area contributed by atoms with Crippen LogP contribution in [0.4, 0.5) is 0 Å². The average Bonchev–Trinajstić information content (AvgIpc) is 3.20. The first-order chi connectivity index (χ1) is 8.59. The van der Waals surface area contributed by atoms with Gasteiger partial charge in [-0.25, -0.2) is 0 Å². The lowest BCUT2D eigenvalue weighted by atomic mass is 10.0. The number of nitrogens with one attached hydrogen (secondary N) is 1. The van der Waals surface area contributed by atoms with Gasteiger partial charge in [-0.05, 0) is 24.8 Å². The Kier molecular flexibility index (Phi) is 3.68. The van der Waals surface area contributed by atoms with Crippen LogP contribution in [0.1, 0.15) is 24.8 Å². The van der Waals surface area contributed by atoms with Crippen molar-refractivity contribution in [3.05, 3.63) is 35.9 Å². The summed E-state index contributed by atoms with van der Waals surface area (Å²) in [5, 5.41) is 21.0. The molecule has 0 spiro atoms. The highest BCUT2D eigenvalue weighted by atomic mass is 16.3. The first-order valence-corrected chi connectivity index (χ1v) is 6.18. The number of carbonyl (C=O) groups is 1. The highest BCUT2D eigenvalue weighted by molar-refractivity contribution is 5.83. The molecule has 0 heterocycles. The van der Waals surface area contributed by atoms with Crippen molar-refractivity contribution in [2.24, 2.45) is 5.92 Å². The number of amides is 1. The van der Waals surface area contributed by atoms with E-state index in [1.807, 2.05) is 30.3 Å². The molecule has 2 unspecified atom stereocenters. The van der Waals surface area contributed by atoms with Gasteiger partial charge in [-0.15, -0.1) is 0 Å². The maximum absolute atomic E-state index is 12.0. The summed E-state index contributed by atoms with van der Waals surface area (Å²) in [5.74, 6) is 0.145. The SMILES string of the molecule is CC(CO)(CO)NC(=O)C1CC1c1ccccc1. The van der Waals surface area contributed by atoms with E-state index in [2.05, 4.69) is 5.32 Å². The summed E-state index contributed by atoms with van der Waals surface area (Å²) in [4.78, 5) is 12.0. The van der Waals surface area contributed by atoms with Gasteiger partial charge in [0, 0.05) is 5.92 Å². The number of benzene rings is 1. The predicted molar refractivity (Wildman–Crippen MR) is 68.0 cm³/mol. The fraction of sp³-hybridized carbons (Fsp3) is 0.500. The van der Waals surface area contributed by atoms with Crippen molar-refractivity contribution < 1.29 is 15.0 Å². The zero-order valence-corrected chi connectivity index (χ0v) is 10.5. The molecule has 0 aliphatic heterocycles. The molecule has 0 saturated heterocycles. The highest BCUT2D eigenvalue weighted by Gasteiger charge is 2.45. The Morgan fingerprint density at radius 2 is 1.94 bits per heavy atom. The van der Waals surface area contributed by atoms with Gasteiger partial charge in [-0.1, -0.05) is 30.3 Å². The Labute approximate surface area is 107 Å². The van der Waals surface area contributed by atoms with Gasteiger partial charge in [0.25, 0.3) is 0 Å². The summed E-state index contributed by atoms with van der Waals surface area (Å²) in [6.07, 6.45) is 0.836. The van der Waals surface area contributed by atoms with Crippen LogP contribution in [-0.2, 0) is 4.79 Å². The largest absolute Gasteiger partial charge is 0.394 e. The summed E-state index contributed by atoms with van der Waals surface area (Å²) in [6.45, 7) is 1.10. The van der Waals surface area contributed by atoms with E-state index in [9.17, 15) is 4.79 Å². The number of hydrogen-bond acceptors (Lipinski definition) is 3. The monoisotopic (exact) mass is 249 g/mol. The third kappa shape index (κ3) is 2.71. The van der Waals surface area contributed by atoms with E-state index in [1.54, 1.807) is 6.92 Å². The van der Waals surface area contributed by atoms with Gasteiger partial charge in [-0.3, -0.25) is 4.79 Å². The Morgan fingerprint density at radius 1 is 1.33 bits per heavy atom. The van der Waals surface area contributed by atoms with Crippen molar-refractivity contribution in [2.75, 3.05) is 13.2 Å². The molecule has 2 rings (SSSR count). The standard InChI is InChI=1S/C14H19NO3/c1-14(8-16,9-17)15-13(18)12-7-11(12)10-5-3-2-4-6-10/h2-6,11-12,16-17H,7-9H2,1H3,(H,15,18). The second-order valence-corrected chi connectivity index (χ2v) is 5.23. The van der Waals surface area contributed by atoms with Crippen molar-refractivity contribution in [3.8, 4) is 0 Å². The molecule has 4 heteroatoms. The smallest absolute Gasteiger partial charge is 0.224 e. The van der Waals surface area contributed by atoms with Crippen LogP contribution in [0, 0.1) is 5.92 Å². The lowest BCUT2D eigenvalue weighted by Gasteiger charge is -2.26. The van der Waals surface area contributed by atoms with Crippen molar-refractivity contribution in [3.63, 3.8) is 0 Å². The van der Waals surface area contributed by atoms with E-state index in [1.165, 1.54) is 5.56 Å². The Morgan fingerprint density at radius 3 is 2.50 bits per heavy atom. The molecular formula is C14H19NO3. The Bertz CT molecular complexity index is 414. The molecule has 1 aromatic carbocycles. The zero-order valence-electron chi connectivity index (χ0n) is 10.5. The number of aliphatic hydroxyl groups excluding tert-OH is 2. The van der Waals surface area contributed by atoms with Crippen LogP contribution < -0.4 is 5.32 Å². The quantitative estimate of drug-likeness (QED) is 0.717. The van der Waals surface area contributed by atoms with Gasteiger partial charge < -0.3 is 15.5 Å². The van der Waals surface area contributed by atoms with Crippen LogP contribution in [0.3, 0.4) is 0 Å². The molecular weight excluding hydrogens is 230 g/mol. The average molecular weight is 249 g/mol. The van der Waals surface area contributed by atoms with Gasteiger partial charge in [0.1, 0.15) is 0 Å². The molecule has 0 bridgehead atoms. The third-order valence-electron chi connectivity index (χ3n) is 3.48. The van der Waals surface area contributed by atoms with Crippen LogP contribution in [0.2, 0.25) is 0 Å². The summed E-state index contributed by atoms with van der Waals surface area (Å²) < 4.78 is 0. The second kappa shape index (κ2) is 5.08. The number of aliphatic hydroxyl groups is 2. The number of hydrogen-bond donors (Lipinski definition) is 3. The maximum atomic E-state index is 12.0. The van der Waals surface area contributed by atoms with Gasteiger partial charge in [0.05, 0.1) is 18.8 Å². The first kappa shape index (κ1) is 13.1. The number of carbonyl (C=O) groups excluding carboxylic acids is 1. The first-order valence-electron chi connectivity index (χ1n) is 6.18. The fourth-order valence-corrected chi connectivity index (χ4v) is 2.07. The molecule has 0 aromatic heterocycles. The van der Waals surface area contributed by atoms with Crippen molar-refractivity contribution in [1.82, 2.24) is 5.32 Å². The lowest BCUT2D eigenvalue weighted by molar-refractivity contribution is -0.125. The van der Waals surface area contributed by atoms with Crippen LogP contribution in [0.15, 0.2) is 30.3 Å². The minimum atomic E-state index is -0.930. The zero-order chi connectivity index (χ0) is 13.2. The third-order valence-corrected chi connectivity index (χ3v) is 3.48. The molecule has 4 nitrogen and oxygen atoms in total. The van der Waals surface area contributed by atoms with Gasteiger partial charge >= 0.3 is 0 Å². The minimum absolute atomic E-state index is 0.0372. The van der Waals surface area contributed by atoms with Gasteiger partial charge in [0.2, 0.25) is 5.91 Å². The summed E-state index contributed by atoms with van der Waals surface area (Å²) in [5.41, 5.74) is 0.244. The molecule has 98 valence electrons. The van der Waals surface area contributed by atoms with Crippen LogP contribution in [0.25, 0.3) is 0 Å². The van der Waals surface area contributed by atoms with Gasteiger partial charge in [-0.2, -0.15) is 0 Å². The highest BCUT2D eigenvalue weighted by Crippen LogP contribution is 2.47. The van der Waals surface area contributed by atoms with Crippen LogP contribution >= 0.6 is 0 Å². The lowest BCUT2D eigenvalue weighted by Crippen LogP contribution is -2.52. The maximum Gasteiger partial charge on any atom is 0.224 e. The van der Waals surface area contributed by atoms with Gasteiger partial charge in [0.15, 0.2) is 0 Å². The minimum Gasteiger partial charge on any atom is -0.394 e. The van der Waals surface area contributed by atoms with E-state index >= 15 is 0 Å². The van der Waals surface area contributed by atoms with Crippen molar-refractivity contribution in [2.45, 2.75) is 24.8 Å². The van der Waals surface area contributed by atoms with E-state index < -0.39 is 5.54 Å². The molecule has 0 radical (unpaired) electrons. The molecule has 2 atom stereocenters. The second-order valence-electron chi connectivity index (χ2n) is 5.23. The fourth-order valence-electron chi connectivity index (χ4n) is 2.07. The van der Waals surface area contributed by atoms with Crippen LogP contribution in [0.5, 0.6) is 0 Å². The summed E-state index contributed by atoms with van der Waals surface area (Å²) in [6, 6.07) is 9.93. The molecule has 1 fully saturated rings. The summed E-state index contributed by atoms with van der Waals surface area (Å²) >= 11 is 0. The molecule has 1 aromatic rings. The molecule has 1 amide bonds. The van der Waals surface area contributed by atoms with Crippen molar-refractivity contribution >= 4 is 5.91 Å².